The van der Waals surface area contributed by atoms with E-state index in [-0.39, 0.29) is 5.92 Å². The zero-order chi connectivity index (χ0) is 41.7. The Balaban J connectivity index is 1.08. The van der Waals surface area contributed by atoms with Crippen molar-refractivity contribution in [2.45, 2.75) is 12.3 Å². The minimum absolute atomic E-state index is 0.0466. The van der Waals surface area contributed by atoms with Crippen molar-refractivity contribution in [1.29, 1.82) is 0 Å². The third kappa shape index (κ3) is 7.93. The van der Waals surface area contributed by atoms with Gasteiger partial charge in [-0.1, -0.05) is 164 Å². The number of fused-ring (bicyclic) bond motifs is 3. The van der Waals surface area contributed by atoms with E-state index in [9.17, 15) is 0 Å². The molecule has 1 atom stereocenters. The van der Waals surface area contributed by atoms with Gasteiger partial charge < -0.3 is 0 Å². The maximum atomic E-state index is 5.30. The normalized spacial score (nSPS) is 13.9. The standard InChI is InChI=1S/C56H40N6/c1-2-39(44-35-51(40-18-6-3-7-19-40)59-52(36-44)50-34-43-24-12-13-26-47(43)48-27-14-15-28-49(48)50)25-16-17-38-31-45(53-37-57-29-30-58-53)33-46(32-38)56-61-54(41-20-8-4-9-21-41)60-55(62-56)42-22-10-5-11-23-42/h2-22,24-37,42H,1,23H2/b17-16+,39-25+. The van der Waals surface area contributed by atoms with Crippen LogP contribution in [0.3, 0.4) is 0 Å². The second kappa shape index (κ2) is 17.2. The van der Waals surface area contributed by atoms with Gasteiger partial charge in [0, 0.05) is 46.1 Å². The lowest BCUT2D eigenvalue weighted by Gasteiger charge is -2.15. The van der Waals surface area contributed by atoms with E-state index in [1.807, 2.05) is 42.5 Å². The Morgan fingerprint density at radius 1 is 0.581 bits per heavy atom. The Morgan fingerprint density at radius 2 is 1.29 bits per heavy atom. The number of benzene rings is 6. The van der Waals surface area contributed by atoms with Crippen molar-refractivity contribution >= 4 is 33.2 Å². The molecule has 3 heterocycles. The SMILES string of the molecule is C=C/C(=C\C=C\c1cc(-c2cnccn2)cc(-c2nc(-c3ccccc3)nc(C3C=CC=CC3)n2)c1)c1cc(-c2ccccc2)nc(-c2cc3ccccc3c3ccccc23)c1. The summed E-state index contributed by atoms with van der Waals surface area (Å²) in [6.45, 7) is 4.28. The van der Waals surface area contributed by atoms with Gasteiger partial charge in [0.2, 0.25) is 0 Å². The smallest absolute Gasteiger partial charge is 0.163 e. The highest BCUT2D eigenvalue weighted by Gasteiger charge is 2.19. The van der Waals surface area contributed by atoms with E-state index < -0.39 is 0 Å². The van der Waals surface area contributed by atoms with Crippen molar-refractivity contribution in [3.63, 3.8) is 0 Å². The molecule has 3 aromatic heterocycles. The summed E-state index contributed by atoms with van der Waals surface area (Å²) in [6.07, 6.45) is 22.6. The maximum Gasteiger partial charge on any atom is 0.163 e. The second-order valence-corrected chi connectivity index (χ2v) is 15.2. The first-order valence-electron chi connectivity index (χ1n) is 20.7. The molecule has 0 aliphatic heterocycles. The van der Waals surface area contributed by atoms with Crippen LogP contribution in [0.15, 0.2) is 213 Å². The fourth-order valence-electron chi connectivity index (χ4n) is 8.05. The third-order valence-electron chi connectivity index (χ3n) is 11.1. The molecule has 6 heteroatoms. The highest BCUT2D eigenvalue weighted by molar-refractivity contribution is 6.13. The molecule has 0 bridgehead atoms. The van der Waals surface area contributed by atoms with Crippen molar-refractivity contribution in [1.82, 2.24) is 29.9 Å². The Labute approximate surface area is 360 Å². The predicted molar refractivity (Wildman–Crippen MR) is 255 cm³/mol. The number of allylic oxidation sites excluding steroid dienone is 8. The predicted octanol–water partition coefficient (Wildman–Crippen LogP) is 13.6. The Bertz CT molecular complexity index is 3220. The highest BCUT2D eigenvalue weighted by Crippen LogP contribution is 2.37. The lowest BCUT2D eigenvalue weighted by atomic mass is 9.93. The molecular formula is C56H40N6. The number of aromatic nitrogens is 6. The van der Waals surface area contributed by atoms with E-state index >= 15 is 0 Å². The number of hydrogen-bond donors (Lipinski definition) is 0. The molecule has 10 rings (SSSR count). The molecule has 0 amide bonds. The number of pyridine rings is 1. The van der Waals surface area contributed by atoms with Gasteiger partial charge in [0.25, 0.3) is 0 Å². The second-order valence-electron chi connectivity index (χ2n) is 15.2. The number of rotatable bonds is 10. The van der Waals surface area contributed by atoms with E-state index in [0.29, 0.717) is 11.6 Å². The molecule has 0 radical (unpaired) electrons. The lowest BCUT2D eigenvalue weighted by molar-refractivity contribution is 0.764. The van der Waals surface area contributed by atoms with Crippen LogP contribution in [0.25, 0.3) is 89.7 Å². The molecule has 6 aromatic carbocycles. The van der Waals surface area contributed by atoms with Crippen LogP contribution < -0.4 is 0 Å². The number of hydrogen-bond acceptors (Lipinski definition) is 6. The summed E-state index contributed by atoms with van der Waals surface area (Å²) in [4.78, 5) is 29.5. The van der Waals surface area contributed by atoms with Crippen LogP contribution in [0.5, 0.6) is 0 Å². The van der Waals surface area contributed by atoms with Crippen LogP contribution in [-0.2, 0) is 0 Å². The molecule has 9 aromatic rings. The van der Waals surface area contributed by atoms with Crippen LogP contribution in [0.1, 0.15) is 29.3 Å². The van der Waals surface area contributed by atoms with Gasteiger partial charge in [-0.25, -0.2) is 19.9 Å². The molecule has 0 spiro atoms. The van der Waals surface area contributed by atoms with Crippen LogP contribution in [0.2, 0.25) is 0 Å². The van der Waals surface area contributed by atoms with Gasteiger partial charge in [0.15, 0.2) is 11.6 Å². The zero-order valence-electron chi connectivity index (χ0n) is 33.9. The van der Waals surface area contributed by atoms with Crippen molar-refractivity contribution in [3.05, 3.63) is 230 Å². The summed E-state index contributed by atoms with van der Waals surface area (Å²) in [5.74, 6) is 2.01. The quantitative estimate of drug-likeness (QED) is 0.101. The van der Waals surface area contributed by atoms with Crippen molar-refractivity contribution in [3.8, 4) is 56.5 Å². The first kappa shape index (κ1) is 38.0. The van der Waals surface area contributed by atoms with Gasteiger partial charge in [0.05, 0.1) is 23.3 Å². The maximum absolute atomic E-state index is 5.30. The van der Waals surface area contributed by atoms with Crippen LogP contribution in [0, 0.1) is 0 Å². The van der Waals surface area contributed by atoms with Crippen molar-refractivity contribution < 1.29 is 0 Å². The fraction of sp³-hybridized carbons (Fsp3) is 0.0357. The molecule has 62 heavy (non-hydrogen) atoms. The fourth-order valence-corrected chi connectivity index (χ4v) is 8.05. The van der Waals surface area contributed by atoms with Gasteiger partial charge in [-0.3, -0.25) is 9.97 Å². The van der Waals surface area contributed by atoms with Crippen LogP contribution in [0.4, 0.5) is 0 Å². The van der Waals surface area contributed by atoms with Crippen molar-refractivity contribution in [2.75, 3.05) is 0 Å². The average molecular weight is 797 g/mol. The molecule has 0 fully saturated rings. The summed E-state index contributed by atoms with van der Waals surface area (Å²) in [5, 5.41) is 4.76. The van der Waals surface area contributed by atoms with Gasteiger partial charge in [-0.05, 0) is 81.1 Å². The molecule has 294 valence electrons. The lowest BCUT2D eigenvalue weighted by Crippen LogP contribution is -2.08. The molecular weight excluding hydrogens is 757 g/mol. The van der Waals surface area contributed by atoms with E-state index in [4.69, 9.17) is 19.9 Å². The molecule has 1 unspecified atom stereocenters. The van der Waals surface area contributed by atoms with E-state index in [2.05, 4.69) is 168 Å². The molecule has 0 saturated heterocycles. The molecule has 1 aliphatic carbocycles. The topological polar surface area (TPSA) is 77.3 Å². The summed E-state index contributed by atoms with van der Waals surface area (Å²) in [5.41, 5.74) is 10.3. The molecule has 0 N–H and O–H groups in total. The first-order valence-corrected chi connectivity index (χ1v) is 20.7. The Kier molecular flexibility index (Phi) is 10.5. The minimum Gasteiger partial charge on any atom is -0.261 e. The summed E-state index contributed by atoms with van der Waals surface area (Å²) >= 11 is 0. The molecule has 6 nitrogen and oxygen atoms in total. The summed E-state index contributed by atoms with van der Waals surface area (Å²) < 4.78 is 0. The van der Waals surface area contributed by atoms with Gasteiger partial charge in [0.1, 0.15) is 5.82 Å². The van der Waals surface area contributed by atoms with Gasteiger partial charge in [-0.2, -0.15) is 0 Å². The highest BCUT2D eigenvalue weighted by atomic mass is 15.0. The monoisotopic (exact) mass is 796 g/mol. The van der Waals surface area contributed by atoms with Crippen molar-refractivity contribution in [2.24, 2.45) is 0 Å². The van der Waals surface area contributed by atoms with E-state index in [0.717, 1.165) is 79.2 Å². The minimum atomic E-state index is 0.0466. The average Bonchev–Trinajstić information content (AvgIpc) is 3.35. The summed E-state index contributed by atoms with van der Waals surface area (Å²) in [7, 11) is 0. The van der Waals surface area contributed by atoms with Gasteiger partial charge in [-0.15, -0.1) is 0 Å². The van der Waals surface area contributed by atoms with Crippen LogP contribution >= 0.6 is 0 Å². The molecule has 0 saturated carbocycles. The van der Waals surface area contributed by atoms with E-state index in [1.54, 1.807) is 18.6 Å². The number of nitrogens with zero attached hydrogens (tertiary/aromatic N) is 6. The Morgan fingerprint density at radius 3 is 2.05 bits per heavy atom. The zero-order valence-corrected chi connectivity index (χ0v) is 33.9. The first-order chi connectivity index (χ1) is 30.7. The third-order valence-corrected chi connectivity index (χ3v) is 11.1. The largest absolute Gasteiger partial charge is 0.261 e. The summed E-state index contributed by atoms with van der Waals surface area (Å²) in [6, 6.07) is 50.5. The van der Waals surface area contributed by atoms with Gasteiger partial charge >= 0.3 is 0 Å². The Hall–Kier alpha value is -8.22. The van der Waals surface area contributed by atoms with Crippen LogP contribution in [-0.4, -0.2) is 29.9 Å². The molecule has 1 aliphatic rings. The van der Waals surface area contributed by atoms with E-state index in [1.165, 1.54) is 16.2 Å².